The second kappa shape index (κ2) is 6.20. The van der Waals surface area contributed by atoms with Gasteiger partial charge in [-0.05, 0) is 75.5 Å². The maximum atomic E-state index is 12.4. The van der Waals surface area contributed by atoms with Crippen molar-refractivity contribution in [2.75, 3.05) is 6.61 Å². The molecule has 2 nitrogen and oxygen atoms in total. The standard InChI is InChI=1S/C14H12Br2O2S/c1-3-18-9-4-5-10(11(15)7-9)13(17)12-6-8(2)14(16)19-12/h4-7H,3H2,1-2H3. The smallest absolute Gasteiger partial charge is 0.204 e. The van der Waals surface area contributed by atoms with Crippen molar-refractivity contribution in [3.05, 3.63) is 48.5 Å². The molecule has 2 aromatic rings. The van der Waals surface area contributed by atoms with Crippen LogP contribution in [0.4, 0.5) is 0 Å². The number of benzene rings is 1. The summed E-state index contributed by atoms with van der Waals surface area (Å²) in [7, 11) is 0. The molecule has 0 spiro atoms. The summed E-state index contributed by atoms with van der Waals surface area (Å²) in [6.07, 6.45) is 0. The topological polar surface area (TPSA) is 26.3 Å². The molecule has 0 aliphatic heterocycles. The Morgan fingerprint density at radius 2 is 2.05 bits per heavy atom. The zero-order valence-electron chi connectivity index (χ0n) is 10.5. The van der Waals surface area contributed by atoms with Crippen LogP contribution in [-0.4, -0.2) is 12.4 Å². The van der Waals surface area contributed by atoms with E-state index in [2.05, 4.69) is 31.9 Å². The van der Waals surface area contributed by atoms with Crippen molar-refractivity contribution in [2.45, 2.75) is 13.8 Å². The van der Waals surface area contributed by atoms with Crippen LogP contribution in [0, 0.1) is 6.92 Å². The minimum Gasteiger partial charge on any atom is -0.494 e. The summed E-state index contributed by atoms with van der Waals surface area (Å²) in [5.74, 6) is 0.781. The average Bonchev–Trinajstić information content (AvgIpc) is 2.69. The van der Waals surface area contributed by atoms with Crippen LogP contribution < -0.4 is 4.74 Å². The predicted molar refractivity (Wildman–Crippen MR) is 85.5 cm³/mol. The lowest BCUT2D eigenvalue weighted by molar-refractivity contribution is 0.104. The van der Waals surface area contributed by atoms with E-state index in [9.17, 15) is 4.79 Å². The van der Waals surface area contributed by atoms with Gasteiger partial charge in [-0.2, -0.15) is 0 Å². The van der Waals surface area contributed by atoms with Gasteiger partial charge in [-0.15, -0.1) is 11.3 Å². The molecule has 1 aromatic carbocycles. The van der Waals surface area contributed by atoms with E-state index in [1.165, 1.54) is 11.3 Å². The fourth-order valence-corrected chi connectivity index (χ4v) is 3.67. The highest BCUT2D eigenvalue weighted by Gasteiger charge is 2.16. The van der Waals surface area contributed by atoms with Gasteiger partial charge in [0.15, 0.2) is 0 Å². The van der Waals surface area contributed by atoms with Gasteiger partial charge in [0.1, 0.15) is 5.75 Å². The van der Waals surface area contributed by atoms with Crippen molar-refractivity contribution < 1.29 is 9.53 Å². The number of carbonyl (C=O) groups excluding carboxylic acids is 1. The summed E-state index contributed by atoms with van der Waals surface area (Å²) in [6, 6.07) is 7.34. The molecule has 19 heavy (non-hydrogen) atoms. The lowest BCUT2D eigenvalue weighted by Crippen LogP contribution is -2.00. The van der Waals surface area contributed by atoms with Gasteiger partial charge in [-0.3, -0.25) is 4.79 Å². The first-order valence-corrected chi connectivity index (χ1v) is 8.16. The Bertz CT molecular complexity index is 600. The summed E-state index contributed by atoms with van der Waals surface area (Å²) in [5.41, 5.74) is 1.73. The molecule has 0 bridgehead atoms. The molecule has 0 amide bonds. The first-order valence-electron chi connectivity index (χ1n) is 5.76. The quantitative estimate of drug-likeness (QED) is 0.654. The minimum atomic E-state index is 0.0220. The van der Waals surface area contributed by atoms with Crippen molar-refractivity contribution in [1.29, 1.82) is 0 Å². The number of carbonyl (C=O) groups is 1. The fourth-order valence-electron chi connectivity index (χ4n) is 1.64. The molecule has 0 N–H and O–H groups in total. The van der Waals surface area contributed by atoms with Crippen LogP contribution in [0.25, 0.3) is 0 Å². The van der Waals surface area contributed by atoms with Crippen molar-refractivity contribution >= 4 is 49.0 Å². The van der Waals surface area contributed by atoms with Crippen LogP contribution >= 0.6 is 43.2 Å². The van der Waals surface area contributed by atoms with Crippen LogP contribution in [-0.2, 0) is 0 Å². The Hall–Kier alpha value is -0.650. The van der Waals surface area contributed by atoms with Crippen LogP contribution in [0.5, 0.6) is 5.75 Å². The van der Waals surface area contributed by atoms with Gasteiger partial charge in [0.25, 0.3) is 0 Å². The lowest BCUT2D eigenvalue weighted by atomic mass is 10.1. The fraction of sp³-hybridized carbons (Fsp3) is 0.214. The second-order valence-corrected chi connectivity index (χ2v) is 7.20. The minimum absolute atomic E-state index is 0.0220. The van der Waals surface area contributed by atoms with Crippen LogP contribution in [0.3, 0.4) is 0 Å². The first kappa shape index (κ1) is 14.8. The zero-order valence-corrected chi connectivity index (χ0v) is 14.5. The molecule has 5 heteroatoms. The number of thiophene rings is 1. The maximum absolute atomic E-state index is 12.4. The molecule has 1 aromatic heterocycles. The maximum Gasteiger partial charge on any atom is 0.204 e. The number of hydrogen-bond acceptors (Lipinski definition) is 3. The number of hydrogen-bond donors (Lipinski definition) is 0. The van der Waals surface area contributed by atoms with Gasteiger partial charge >= 0.3 is 0 Å². The number of aryl methyl sites for hydroxylation is 1. The van der Waals surface area contributed by atoms with Crippen molar-refractivity contribution in [1.82, 2.24) is 0 Å². The van der Waals surface area contributed by atoms with Gasteiger partial charge in [-0.25, -0.2) is 0 Å². The van der Waals surface area contributed by atoms with Gasteiger partial charge in [0.2, 0.25) is 5.78 Å². The monoisotopic (exact) mass is 402 g/mol. The van der Waals surface area contributed by atoms with Crippen molar-refractivity contribution in [2.24, 2.45) is 0 Å². The molecule has 0 saturated heterocycles. The molecule has 0 aliphatic rings. The molecule has 100 valence electrons. The molecule has 0 saturated carbocycles. The van der Waals surface area contributed by atoms with E-state index >= 15 is 0 Å². The predicted octanol–water partition coefficient (Wildman–Crippen LogP) is 5.21. The highest BCUT2D eigenvalue weighted by Crippen LogP contribution is 2.31. The SMILES string of the molecule is CCOc1ccc(C(=O)c2cc(C)c(Br)s2)c(Br)c1. The summed E-state index contributed by atoms with van der Waals surface area (Å²) in [6.45, 7) is 4.51. The summed E-state index contributed by atoms with van der Waals surface area (Å²) in [4.78, 5) is 13.2. The van der Waals surface area contributed by atoms with E-state index in [-0.39, 0.29) is 5.78 Å². The third-order valence-electron chi connectivity index (χ3n) is 2.58. The van der Waals surface area contributed by atoms with Gasteiger partial charge in [0.05, 0.1) is 15.3 Å². The highest BCUT2D eigenvalue weighted by molar-refractivity contribution is 9.11. The number of halogens is 2. The Balaban J connectivity index is 2.33. The third-order valence-corrected chi connectivity index (χ3v) is 5.37. The van der Waals surface area contributed by atoms with Crippen LogP contribution in [0.2, 0.25) is 0 Å². The molecule has 0 fully saturated rings. The second-order valence-electron chi connectivity index (χ2n) is 3.97. The van der Waals surface area contributed by atoms with Crippen LogP contribution in [0.1, 0.15) is 27.7 Å². The normalized spacial score (nSPS) is 10.5. The Morgan fingerprint density at radius 3 is 2.58 bits per heavy atom. The van der Waals surface area contributed by atoms with E-state index in [0.29, 0.717) is 12.2 Å². The van der Waals surface area contributed by atoms with Crippen LogP contribution in [0.15, 0.2) is 32.5 Å². The van der Waals surface area contributed by atoms with E-state index in [1.54, 1.807) is 6.07 Å². The van der Waals surface area contributed by atoms with E-state index in [1.807, 2.05) is 32.0 Å². The number of rotatable bonds is 4. The average molecular weight is 404 g/mol. The molecular formula is C14H12Br2O2S. The van der Waals surface area contributed by atoms with Gasteiger partial charge in [0, 0.05) is 10.0 Å². The van der Waals surface area contributed by atoms with E-state index < -0.39 is 0 Å². The zero-order chi connectivity index (χ0) is 14.0. The molecule has 0 radical (unpaired) electrons. The molecular weight excluding hydrogens is 392 g/mol. The van der Waals surface area contributed by atoms with E-state index in [4.69, 9.17) is 4.74 Å². The first-order chi connectivity index (χ1) is 9.02. The highest BCUT2D eigenvalue weighted by atomic mass is 79.9. The third kappa shape index (κ3) is 3.27. The lowest BCUT2D eigenvalue weighted by Gasteiger charge is -2.06. The molecule has 2 rings (SSSR count). The Morgan fingerprint density at radius 1 is 1.32 bits per heavy atom. The Kier molecular flexibility index (Phi) is 4.81. The van der Waals surface area contributed by atoms with Crippen molar-refractivity contribution in [3.63, 3.8) is 0 Å². The number of ether oxygens (including phenoxy) is 1. The number of ketones is 1. The molecule has 0 unspecified atom stereocenters. The summed E-state index contributed by atoms with van der Waals surface area (Å²) in [5, 5.41) is 0. The van der Waals surface area contributed by atoms with Gasteiger partial charge in [-0.1, -0.05) is 0 Å². The summed E-state index contributed by atoms with van der Waals surface area (Å²) < 4.78 is 7.16. The largest absolute Gasteiger partial charge is 0.494 e. The molecule has 1 heterocycles. The summed E-state index contributed by atoms with van der Waals surface area (Å²) >= 11 is 8.33. The van der Waals surface area contributed by atoms with Crippen molar-refractivity contribution in [3.8, 4) is 5.75 Å². The van der Waals surface area contributed by atoms with Gasteiger partial charge < -0.3 is 4.74 Å². The van der Waals surface area contributed by atoms with E-state index in [0.717, 1.165) is 24.4 Å². The molecule has 0 atom stereocenters. The Labute approximate surface area is 133 Å². The molecule has 0 aliphatic carbocycles.